The van der Waals surface area contributed by atoms with Crippen LogP contribution in [0.3, 0.4) is 0 Å². The topological polar surface area (TPSA) is 21.3 Å². The molecule has 2 aliphatic heterocycles. The van der Waals surface area contributed by atoms with Crippen molar-refractivity contribution < 1.29 is 4.74 Å². The van der Waals surface area contributed by atoms with Crippen molar-refractivity contribution in [3.05, 3.63) is 0 Å². The molecule has 1 aliphatic carbocycles. The zero-order chi connectivity index (χ0) is 12.4. The average molecular weight is 287 g/mol. The van der Waals surface area contributed by atoms with Crippen molar-refractivity contribution in [3.8, 4) is 0 Å². The van der Waals surface area contributed by atoms with Gasteiger partial charge in [-0.2, -0.15) is 23.5 Å². The number of hydrogen-bond donors (Lipinski definition) is 1. The number of rotatable bonds is 3. The van der Waals surface area contributed by atoms with Crippen molar-refractivity contribution in [2.45, 2.75) is 61.5 Å². The predicted molar refractivity (Wildman–Crippen MR) is 81.7 cm³/mol. The largest absolute Gasteiger partial charge is 0.374 e. The number of hydrogen-bond acceptors (Lipinski definition) is 4. The minimum atomic E-state index is 0.234. The Morgan fingerprint density at radius 1 is 1.28 bits per heavy atom. The van der Waals surface area contributed by atoms with Gasteiger partial charge >= 0.3 is 0 Å². The van der Waals surface area contributed by atoms with E-state index in [1.54, 1.807) is 0 Å². The molecule has 3 aliphatic rings. The first-order valence-electron chi connectivity index (χ1n) is 7.30. The van der Waals surface area contributed by atoms with Gasteiger partial charge in [0.05, 0.1) is 5.60 Å². The van der Waals surface area contributed by atoms with Crippen LogP contribution in [0.4, 0.5) is 0 Å². The van der Waals surface area contributed by atoms with Crippen molar-refractivity contribution in [1.82, 2.24) is 5.32 Å². The van der Waals surface area contributed by atoms with E-state index in [2.05, 4.69) is 23.3 Å². The van der Waals surface area contributed by atoms with Gasteiger partial charge in [0.1, 0.15) is 0 Å². The summed E-state index contributed by atoms with van der Waals surface area (Å²) in [6, 6.07) is 1.49. The van der Waals surface area contributed by atoms with E-state index in [9.17, 15) is 0 Å². The van der Waals surface area contributed by atoms with Crippen LogP contribution in [0.25, 0.3) is 0 Å². The van der Waals surface area contributed by atoms with Crippen LogP contribution in [0.1, 0.15) is 38.5 Å². The van der Waals surface area contributed by atoms with Crippen LogP contribution in [0.2, 0.25) is 0 Å². The Bertz CT molecular complexity index is 281. The number of ether oxygens (including phenoxy) is 1. The molecule has 2 heterocycles. The summed E-state index contributed by atoms with van der Waals surface area (Å²) in [7, 11) is 0. The Morgan fingerprint density at radius 3 is 2.94 bits per heavy atom. The highest BCUT2D eigenvalue weighted by Gasteiger charge is 2.41. The molecule has 1 saturated carbocycles. The highest BCUT2D eigenvalue weighted by atomic mass is 32.2. The maximum atomic E-state index is 6.10. The van der Waals surface area contributed by atoms with E-state index in [0.29, 0.717) is 6.04 Å². The van der Waals surface area contributed by atoms with E-state index < -0.39 is 0 Å². The normalized spacial score (nSPS) is 44.8. The summed E-state index contributed by atoms with van der Waals surface area (Å²) in [5.74, 6) is 2.52. The Hall–Kier alpha value is 0.620. The quantitative estimate of drug-likeness (QED) is 0.861. The summed E-state index contributed by atoms with van der Waals surface area (Å²) in [6.45, 7) is 0.969. The molecule has 18 heavy (non-hydrogen) atoms. The Kier molecular flexibility index (Phi) is 4.49. The first-order valence-corrected chi connectivity index (χ1v) is 9.74. The van der Waals surface area contributed by atoms with Gasteiger partial charge in [-0.25, -0.2) is 0 Å². The molecule has 4 unspecified atom stereocenters. The van der Waals surface area contributed by atoms with Crippen molar-refractivity contribution in [2.24, 2.45) is 0 Å². The lowest BCUT2D eigenvalue weighted by atomic mass is 9.89. The zero-order valence-corrected chi connectivity index (χ0v) is 13.0. The summed E-state index contributed by atoms with van der Waals surface area (Å²) >= 11 is 4.12. The second-order valence-electron chi connectivity index (χ2n) is 6.06. The molecular weight excluding hydrogens is 262 g/mol. The first-order chi connectivity index (χ1) is 8.80. The van der Waals surface area contributed by atoms with Crippen LogP contribution in [0, 0.1) is 0 Å². The van der Waals surface area contributed by atoms with Gasteiger partial charge in [0, 0.05) is 29.7 Å². The Balaban J connectivity index is 1.51. The van der Waals surface area contributed by atoms with E-state index >= 15 is 0 Å². The van der Waals surface area contributed by atoms with Crippen molar-refractivity contribution in [1.29, 1.82) is 0 Å². The molecule has 1 spiro atoms. The van der Waals surface area contributed by atoms with Crippen LogP contribution >= 0.6 is 23.5 Å². The molecule has 2 nitrogen and oxygen atoms in total. The minimum absolute atomic E-state index is 0.234. The lowest BCUT2D eigenvalue weighted by Crippen LogP contribution is -2.49. The third-order valence-electron chi connectivity index (χ3n) is 4.75. The second-order valence-corrected chi connectivity index (χ2v) is 8.30. The maximum Gasteiger partial charge on any atom is 0.0795 e. The molecule has 0 radical (unpaired) electrons. The first kappa shape index (κ1) is 13.6. The van der Waals surface area contributed by atoms with Crippen LogP contribution < -0.4 is 5.32 Å². The summed E-state index contributed by atoms with van der Waals surface area (Å²) < 4.78 is 6.10. The van der Waals surface area contributed by atoms with E-state index in [0.717, 1.165) is 17.9 Å². The lowest BCUT2D eigenvalue weighted by molar-refractivity contribution is -0.0712. The third kappa shape index (κ3) is 3.02. The summed E-state index contributed by atoms with van der Waals surface area (Å²) in [5, 5.41) is 4.83. The van der Waals surface area contributed by atoms with Gasteiger partial charge in [-0.1, -0.05) is 0 Å². The van der Waals surface area contributed by atoms with Crippen molar-refractivity contribution in [2.75, 3.05) is 24.4 Å². The summed E-state index contributed by atoms with van der Waals surface area (Å²) in [5.41, 5.74) is 0.234. The van der Waals surface area contributed by atoms with Gasteiger partial charge in [-0.3, -0.25) is 0 Å². The highest BCUT2D eigenvalue weighted by molar-refractivity contribution is 7.99. The SMILES string of the molecule is CSC1CCC(NC2CCOC3(CCSC3)C2)C1. The maximum absolute atomic E-state index is 6.10. The molecule has 0 aromatic heterocycles. The van der Waals surface area contributed by atoms with Crippen LogP contribution in [-0.4, -0.2) is 47.3 Å². The molecule has 0 aromatic rings. The van der Waals surface area contributed by atoms with Gasteiger partial charge in [-0.05, 0) is 50.5 Å². The van der Waals surface area contributed by atoms with Gasteiger partial charge in [-0.15, -0.1) is 0 Å². The van der Waals surface area contributed by atoms with Crippen LogP contribution in [0.15, 0.2) is 0 Å². The van der Waals surface area contributed by atoms with Gasteiger partial charge in [0.2, 0.25) is 0 Å². The van der Waals surface area contributed by atoms with E-state index in [4.69, 9.17) is 4.74 Å². The molecule has 0 amide bonds. The Labute approximate surface area is 119 Å². The van der Waals surface area contributed by atoms with E-state index in [1.165, 1.54) is 50.0 Å². The smallest absolute Gasteiger partial charge is 0.0795 e. The van der Waals surface area contributed by atoms with Crippen molar-refractivity contribution in [3.63, 3.8) is 0 Å². The minimum Gasteiger partial charge on any atom is -0.374 e. The van der Waals surface area contributed by atoms with Crippen molar-refractivity contribution >= 4 is 23.5 Å². The summed E-state index contributed by atoms with van der Waals surface area (Å²) in [6.07, 6.45) is 10.2. The Morgan fingerprint density at radius 2 is 2.22 bits per heavy atom. The molecule has 104 valence electrons. The number of nitrogens with one attached hydrogen (secondary N) is 1. The number of thioether (sulfide) groups is 2. The zero-order valence-electron chi connectivity index (χ0n) is 11.3. The molecule has 4 atom stereocenters. The molecule has 3 fully saturated rings. The standard InChI is InChI=1S/C14H25NOS2/c1-17-13-3-2-11(8-13)15-12-4-6-16-14(9-12)5-7-18-10-14/h11-13,15H,2-10H2,1H3. The van der Waals surface area contributed by atoms with Gasteiger partial charge < -0.3 is 10.1 Å². The monoisotopic (exact) mass is 287 g/mol. The fourth-order valence-electron chi connectivity index (χ4n) is 3.67. The molecule has 0 bridgehead atoms. The van der Waals surface area contributed by atoms with Gasteiger partial charge in [0.25, 0.3) is 0 Å². The van der Waals surface area contributed by atoms with E-state index in [-0.39, 0.29) is 5.60 Å². The molecule has 2 saturated heterocycles. The molecule has 3 rings (SSSR count). The van der Waals surface area contributed by atoms with Crippen LogP contribution in [-0.2, 0) is 4.74 Å². The second kappa shape index (κ2) is 5.94. The fraction of sp³-hybridized carbons (Fsp3) is 1.00. The third-order valence-corrected chi connectivity index (χ3v) is 7.07. The summed E-state index contributed by atoms with van der Waals surface area (Å²) in [4.78, 5) is 0. The molecule has 4 heteroatoms. The molecule has 1 N–H and O–H groups in total. The van der Waals surface area contributed by atoms with E-state index in [1.807, 2.05) is 11.8 Å². The predicted octanol–water partition coefficient (Wildman–Crippen LogP) is 2.91. The highest BCUT2D eigenvalue weighted by Crippen LogP contribution is 2.39. The lowest BCUT2D eigenvalue weighted by Gasteiger charge is -2.39. The fourth-order valence-corrected chi connectivity index (χ4v) is 5.85. The van der Waals surface area contributed by atoms with Gasteiger partial charge in [0.15, 0.2) is 0 Å². The van der Waals surface area contributed by atoms with Crippen LogP contribution in [0.5, 0.6) is 0 Å². The average Bonchev–Trinajstić information content (AvgIpc) is 2.99. The molecular formula is C14H25NOS2. The molecule has 0 aromatic carbocycles.